The van der Waals surface area contributed by atoms with Crippen LogP contribution in [-0.4, -0.2) is 37.1 Å². The number of likely N-dealkylation sites (tertiary alicyclic amines) is 1. The molecule has 1 aromatic rings. The highest BCUT2D eigenvalue weighted by Gasteiger charge is 2.30. The lowest BCUT2D eigenvalue weighted by atomic mass is 9.85. The van der Waals surface area contributed by atoms with Crippen LogP contribution in [-0.2, 0) is 9.53 Å². The maximum atomic E-state index is 12.7. The molecule has 0 aromatic heterocycles. The van der Waals surface area contributed by atoms with Crippen molar-refractivity contribution in [1.29, 1.82) is 0 Å². The molecule has 2 atom stereocenters. The molecule has 1 aromatic carbocycles. The minimum atomic E-state index is -0.151. The van der Waals surface area contributed by atoms with Gasteiger partial charge in [0.1, 0.15) is 0 Å². The fraction of sp³-hybridized carbons (Fsp3) is 0.550. The number of allylic oxidation sites excluding steroid dienone is 2. The number of benzene rings is 1. The van der Waals surface area contributed by atoms with Crippen molar-refractivity contribution in [1.82, 2.24) is 4.90 Å². The number of hydrogen-bond donors (Lipinski definition) is 0. The van der Waals surface area contributed by atoms with Gasteiger partial charge in [-0.2, -0.15) is 0 Å². The van der Waals surface area contributed by atoms with Crippen molar-refractivity contribution in [3.8, 4) is 0 Å². The Kier molecular flexibility index (Phi) is 7.80. The van der Waals surface area contributed by atoms with Crippen LogP contribution in [0.15, 0.2) is 42.5 Å². The first-order valence-corrected chi connectivity index (χ1v) is 8.95. The van der Waals surface area contributed by atoms with E-state index in [1.807, 2.05) is 30.3 Å². The van der Waals surface area contributed by atoms with Gasteiger partial charge in [0.05, 0.1) is 12.5 Å². The maximum absolute atomic E-state index is 12.7. The van der Waals surface area contributed by atoms with Crippen molar-refractivity contribution in [2.75, 3.05) is 26.2 Å². The van der Waals surface area contributed by atoms with Crippen LogP contribution < -0.4 is 0 Å². The van der Waals surface area contributed by atoms with E-state index in [0.717, 1.165) is 31.4 Å². The van der Waals surface area contributed by atoms with Crippen molar-refractivity contribution >= 4 is 18.4 Å². The molecule has 1 saturated heterocycles. The molecule has 0 radical (unpaired) electrons. The van der Waals surface area contributed by atoms with Gasteiger partial charge in [0.15, 0.2) is 0 Å². The summed E-state index contributed by atoms with van der Waals surface area (Å²) in [5.74, 6) is 0.0689. The number of hydrogen-bond acceptors (Lipinski definition) is 3. The summed E-state index contributed by atoms with van der Waals surface area (Å²) in [4.78, 5) is 15.1. The van der Waals surface area contributed by atoms with Crippen molar-refractivity contribution in [2.24, 2.45) is 5.92 Å². The molecule has 2 aliphatic rings. The SMILES string of the molecule is Cl.O=C(OCCCN1CCCC1)C(c1ccccc1)C1C=CCC1. The van der Waals surface area contributed by atoms with Crippen LogP contribution in [0.1, 0.15) is 43.6 Å². The summed E-state index contributed by atoms with van der Waals surface area (Å²) < 4.78 is 5.63. The molecule has 0 amide bonds. The monoisotopic (exact) mass is 349 g/mol. The van der Waals surface area contributed by atoms with Crippen molar-refractivity contribution in [3.05, 3.63) is 48.0 Å². The lowest BCUT2D eigenvalue weighted by molar-refractivity contribution is -0.146. The van der Waals surface area contributed by atoms with E-state index in [1.165, 1.54) is 25.9 Å². The molecule has 2 unspecified atom stereocenters. The van der Waals surface area contributed by atoms with E-state index < -0.39 is 0 Å². The van der Waals surface area contributed by atoms with Crippen LogP contribution in [0.3, 0.4) is 0 Å². The topological polar surface area (TPSA) is 29.5 Å². The van der Waals surface area contributed by atoms with E-state index in [9.17, 15) is 4.79 Å². The summed E-state index contributed by atoms with van der Waals surface area (Å²) >= 11 is 0. The number of rotatable bonds is 7. The van der Waals surface area contributed by atoms with Gasteiger partial charge < -0.3 is 9.64 Å². The molecular weight excluding hydrogens is 322 g/mol. The van der Waals surface area contributed by atoms with E-state index in [0.29, 0.717) is 6.61 Å². The molecule has 24 heavy (non-hydrogen) atoms. The molecule has 0 N–H and O–H groups in total. The fourth-order valence-corrected chi connectivity index (χ4v) is 3.71. The second kappa shape index (κ2) is 9.85. The Morgan fingerprint density at radius 2 is 1.96 bits per heavy atom. The second-order valence-electron chi connectivity index (χ2n) is 6.63. The summed E-state index contributed by atoms with van der Waals surface area (Å²) in [6.07, 6.45) is 10.0. The fourth-order valence-electron chi connectivity index (χ4n) is 3.71. The quantitative estimate of drug-likeness (QED) is 0.420. The van der Waals surface area contributed by atoms with Gasteiger partial charge in [-0.05, 0) is 56.7 Å². The van der Waals surface area contributed by atoms with Crippen LogP contribution in [0.5, 0.6) is 0 Å². The van der Waals surface area contributed by atoms with E-state index >= 15 is 0 Å². The first-order chi connectivity index (χ1) is 11.3. The Bertz CT molecular complexity index is 526. The zero-order valence-corrected chi connectivity index (χ0v) is 15.0. The van der Waals surface area contributed by atoms with Crippen molar-refractivity contribution in [3.63, 3.8) is 0 Å². The Hall–Kier alpha value is -1.32. The maximum Gasteiger partial charge on any atom is 0.314 e. The van der Waals surface area contributed by atoms with Gasteiger partial charge in [-0.1, -0.05) is 42.5 Å². The summed E-state index contributed by atoms with van der Waals surface area (Å²) in [5, 5.41) is 0. The Morgan fingerprint density at radius 3 is 2.62 bits per heavy atom. The van der Waals surface area contributed by atoms with Gasteiger partial charge in [-0.3, -0.25) is 4.79 Å². The molecule has 4 heteroatoms. The first kappa shape index (κ1) is 19.0. The highest BCUT2D eigenvalue weighted by atomic mass is 35.5. The van der Waals surface area contributed by atoms with E-state index in [1.54, 1.807) is 0 Å². The van der Waals surface area contributed by atoms with Gasteiger partial charge in [0.25, 0.3) is 0 Å². The number of esters is 1. The molecule has 132 valence electrons. The third-order valence-corrected chi connectivity index (χ3v) is 4.95. The lowest BCUT2D eigenvalue weighted by Crippen LogP contribution is -2.25. The minimum absolute atomic E-state index is 0. The van der Waals surface area contributed by atoms with Crippen LogP contribution in [0.25, 0.3) is 0 Å². The number of carbonyl (C=O) groups is 1. The Morgan fingerprint density at radius 1 is 1.21 bits per heavy atom. The van der Waals surface area contributed by atoms with Gasteiger partial charge in [0, 0.05) is 6.54 Å². The summed E-state index contributed by atoms with van der Waals surface area (Å²) in [5.41, 5.74) is 1.08. The summed E-state index contributed by atoms with van der Waals surface area (Å²) in [7, 11) is 0. The van der Waals surface area contributed by atoms with Crippen LogP contribution in [0.4, 0.5) is 0 Å². The van der Waals surface area contributed by atoms with Gasteiger partial charge in [0.2, 0.25) is 0 Å². The van der Waals surface area contributed by atoms with Gasteiger partial charge >= 0.3 is 5.97 Å². The predicted molar refractivity (Wildman–Crippen MR) is 99.5 cm³/mol. The molecule has 3 rings (SSSR count). The van der Waals surface area contributed by atoms with Crippen LogP contribution in [0, 0.1) is 5.92 Å². The zero-order chi connectivity index (χ0) is 15.9. The third-order valence-electron chi connectivity index (χ3n) is 4.95. The predicted octanol–water partition coefficient (Wildman–Crippen LogP) is 4.19. The molecule has 1 aliphatic heterocycles. The van der Waals surface area contributed by atoms with Gasteiger partial charge in [-0.25, -0.2) is 0 Å². The second-order valence-corrected chi connectivity index (χ2v) is 6.63. The molecule has 1 heterocycles. The molecular formula is C20H28ClNO2. The summed E-state index contributed by atoms with van der Waals surface area (Å²) in [6, 6.07) is 10.1. The third kappa shape index (κ3) is 5.09. The highest BCUT2D eigenvalue weighted by molar-refractivity contribution is 5.85. The lowest BCUT2D eigenvalue weighted by Gasteiger charge is -2.22. The average Bonchev–Trinajstić information content (AvgIpc) is 3.27. The van der Waals surface area contributed by atoms with E-state index in [-0.39, 0.29) is 30.2 Å². The number of halogens is 1. The molecule has 1 aliphatic carbocycles. The Labute approximate surface area is 151 Å². The standard InChI is InChI=1S/C20H27NO2.ClH/c22-20(23-16-8-15-21-13-6-7-14-21)19(18-11-4-5-12-18)17-9-2-1-3-10-17;/h1-4,9-11,18-19H,5-8,12-16H2;1H. The first-order valence-electron chi connectivity index (χ1n) is 8.95. The van der Waals surface area contributed by atoms with E-state index in [2.05, 4.69) is 17.1 Å². The number of carbonyl (C=O) groups excluding carboxylic acids is 1. The molecule has 1 fully saturated rings. The molecule has 0 saturated carbocycles. The summed E-state index contributed by atoms with van der Waals surface area (Å²) in [6.45, 7) is 3.99. The van der Waals surface area contributed by atoms with Gasteiger partial charge in [-0.15, -0.1) is 12.4 Å². The van der Waals surface area contributed by atoms with E-state index in [4.69, 9.17) is 4.74 Å². The van der Waals surface area contributed by atoms with Crippen LogP contribution >= 0.6 is 12.4 Å². The number of ether oxygens (including phenoxy) is 1. The normalized spacial score (nSPS) is 21.4. The molecule has 0 bridgehead atoms. The number of nitrogens with zero attached hydrogens (tertiary/aromatic N) is 1. The Balaban J connectivity index is 0.00000208. The van der Waals surface area contributed by atoms with Crippen LogP contribution in [0.2, 0.25) is 0 Å². The molecule has 3 nitrogen and oxygen atoms in total. The van der Waals surface area contributed by atoms with Crippen molar-refractivity contribution in [2.45, 2.75) is 38.0 Å². The zero-order valence-electron chi connectivity index (χ0n) is 14.2. The largest absolute Gasteiger partial charge is 0.465 e. The smallest absolute Gasteiger partial charge is 0.314 e. The molecule has 0 spiro atoms. The average molecular weight is 350 g/mol. The highest BCUT2D eigenvalue weighted by Crippen LogP contribution is 2.34. The van der Waals surface area contributed by atoms with Crippen molar-refractivity contribution < 1.29 is 9.53 Å². The minimum Gasteiger partial charge on any atom is -0.465 e.